The molecule has 3 rings (SSSR count). The van der Waals surface area contributed by atoms with E-state index in [0.29, 0.717) is 0 Å². The minimum atomic E-state index is -2.22. The Hall–Kier alpha value is -0.640. The van der Waals surface area contributed by atoms with E-state index in [1.54, 1.807) is 0 Å². The van der Waals surface area contributed by atoms with Crippen LogP contribution in [0.4, 0.5) is 0 Å². The fourth-order valence-electron chi connectivity index (χ4n) is 3.97. The average Bonchev–Trinajstić information content (AvgIpc) is 2.83. The lowest BCUT2D eigenvalue weighted by molar-refractivity contribution is -0.377. The van der Waals surface area contributed by atoms with E-state index < -0.39 is 112 Å². The number of hydrogen-bond acceptors (Lipinski definition) is 16. The molecule has 3 fully saturated rings. The van der Waals surface area contributed by atoms with E-state index in [0.717, 1.165) is 0 Å². The van der Waals surface area contributed by atoms with Gasteiger partial charge in [-0.15, -0.1) is 0 Å². The van der Waals surface area contributed by atoms with E-state index >= 15 is 0 Å². The van der Waals surface area contributed by atoms with Crippen LogP contribution in [0.3, 0.4) is 0 Å². The van der Waals surface area contributed by atoms with Gasteiger partial charge in [0.05, 0.1) is 19.8 Å². The molecule has 14 unspecified atom stereocenters. The van der Waals surface area contributed by atoms with E-state index in [4.69, 9.17) is 23.7 Å². The summed E-state index contributed by atoms with van der Waals surface area (Å²) in [7, 11) is 0. The highest BCUT2D eigenvalue weighted by Crippen LogP contribution is 2.31. The monoisotopic (exact) mass is 504 g/mol. The third-order valence-corrected chi connectivity index (χ3v) is 6.18. The van der Waals surface area contributed by atoms with Gasteiger partial charge in [0.1, 0.15) is 73.8 Å². The maximum absolute atomic E-state index is 10.3. The SMILES string of the molecule is OCC1OC(O)C(O)C(OC2OC(COC3(CO)OCC(O)C(O)C3O)C(O)C(O)C2O)C1O. The molecule has 14 atom stereocenters. The van der Waals surface area contributed by atoms with E-state index in [9.17, 15) is 56.2 Å². The second-order valence-corrected chi connectivity index (χ2v) is 8.44. The lowest BCUT2D eigenvalue weighted by Crippen LogP contribution is -2.66. The van der Waals surface area contributed by atoms with E-state index in [1.165, 1.54) is 0 Å². The molecule has 0 amide bonds. The molecule has 3 aliphatic rings. The van der Waals surface area contributed by atoms with Gasteiger partial charge in [-0.05, 0) is 0 Å². The predicted molar refractivity (Wildman–Crippen MR) is 101 cm³/mol. The summed E-state index contributed by atoms with van der Waals surface area (Å²) in [5, 5.41) is 110. The van der Waals surface area contributed by atoms with Crippen LogP contribution in [0.1, 0.15) is 0 Å². The molecule has 0 aromatic carbocycles. The van der Waals surface area contributed by atoms with Crippen LogP contribution in [0.5, 0.6) is 0 Å². The molecular weight excluding hydrogens is 472 g/mol. The summed E-state index contributed by atoms with van der Waals surface area (Å²) < 4.78 is 26.1. The molecule has 3 heterocycles. The Morgan fingerprint density at radius 3 is 2.03 bits per heavy atom. The van der Waals surface area contributed by atoms with Gasteiger partial charge in [-0.25, -0.2) is 0 Å². The highest BCUT2D eigenvalue weighted by atomic mass is 16.8. The van der Waals surface area contributed by atoms with Crippen LogP contribution in [0.15, 0.2) is 0 Å². The maximum atomic E-state index is 10.3. The Kier molecular flexibility index (Phi) is 9.18. The third-order valence-electron chi connectivity index (χ3n) is 6.18. The molecule has 16 nitrogen and oxygen atoms in total. The fourth-order valence-corrected chi connectivity index (χ4v) is 3.97. The number of hydrogen-bond donors (Lipinski definition) is 11. The minimum Gasteiger partial charge on any atom is -0.394 e. The quantitative estimate of drug-likeness (QED) is 0.154. The van der Waals surface area contributed by atoms with Crippen molar-refractivity contribution in [3.05, 3.63) is 0 Å². The first kappa shape index (κ1) is 27.9. The van der Waals surface area contributed by atoms with E-state index in [2.05, 4.69) is 0 Å². The highest BCUT2D eigenvalue weighted by Gasteiger charge is 2.53. The summed E-state index contributed by atoms with van der Waals surface area (Å²) >= 11 is 0. The van der Waals surface area contributed by atoms with E-state index in [-0.39, 0.29) is 0 Å². The van der Waals surface area contributed by atoms with Crippen LogP contribution in [0, 0.1) is 0 Å². The van der Waals surface area contributed by atoms with Gasteiger partial charge in [0.2, 0.25) is 5.79 Å². The number of ether oxygens (including phenoxy) is 5. The van der Waals surface area contributed by atoms with Crippen molar-refractivity contribution in [2.45, 2.75) is 85.5 Å². The number of rotatable bonds is 7. The largest absolute Gasteiger partial charge is 0.394 e. The molecule has 3 saturated heterocycles. The third kappa shape index (κ3) is 5.23. The summed E-state index contributed by atoms with van der Waals surface area (Å²) in [6, 6.07) is 0. The molecule has 0 aliphatic carbocycles. The van der Waals surface area contributed by atoms with Crippen molar-refractivity contribution in [3.8, 4) is 0 Å². The van der Waals surface area contributed by atoms with Gasteiger partial charge in [0.25, 0.3) is 0 Å². The van der Waals surface area contributed by atoms with Crippen molar-refractivity contribution in [2.75, 3.05) is 26.4 Å². The molecule has 0 bridgehead atoms. The Morgan fingerprint density at radius 1 is 0.735 bits per heavy atom. The standard InChI is InChI=1S/C18H32O16/c19-1-6-10(24)14(13(27)16(29)32-6)34-17-12(26)11(25)9(23)7(33-17)3-31-18(4-20)15(28)8(22)5(21)2-30-18/h5-17,19-29H,1-4H2. The maximum Gasteiger partial charge on any atom is 0.221 e. The molecule has 0 radical (unpaired) electrons. The van der Waals surface area contributed by atoms with Crippen molar-refractivity contribution in [1.82, 2.24) is 0 Å². The van der Waals surface area contributed by atoms with E-state index in [1.807, 2.05) is 0 Å². The van der Waals surface area contributed by atoms with Crippen molar-refractivity contribution in [1.29, 1.82) is 0 Å². The van der Waals surface area contributed by atoms with Crippen LogP contribution in [-0.2, 0) is 23.7 Å². The zero-order chi connectivity index (χ0) is 25.4. The Bertz CT molecular complexity index is 655. The first-order valence-corrected chi connectivity index (χ1v) is 10.6. The Balaban J connectivity index is 1.71. The zero-order valence-corrected chi connectivity index (χ0v) is 17.8. The lowest BCUT2D eigenvalue weighted by atomic mass is 9.96. The average molecular weight is 504 g/mol. The second kappa shape index (κ2) is 11.2. The molecule has 0 spiro atoms. The smallest absolute Gasteiger partial charge is 0.221 e. The summed E-state index contributed by atoms with van der Waals surface area (Å²) in [5.74, 6) is -2.22. The topological polar surface area (TPSA) is 269 Å². The lowest BCUT2D eigenvalue weighted by Gasteiger charge is -2.47. The van der Waals surface area contributed by atoms with Crippen molar-refractivity contribution >= 4 is 0 Å². The van der Waals surface area contributed by atoms with Gasteiger partial charge in [0, 0.05) is 0 Å². The number of aliphatic hydroxyl groups excluding tert-OH is 11. The van der Waals surface area contributed by atoms with Crippen molar-refractivity contribution < 1.29 is 79.9 Å². The van der Waals surface area contributed by atoms with Crippen LogP contribution in [0.25, 0.3) is 0 Å². The summed E-state index contributed by atoms with van der Waals surface area (Å²) in [6.07, 6.45) is -22.4. The van der Waals surface area contributed by atoms with Crippen LogP contribution in [-0.4, -0.2) is 168 Å². The van der Waals surface area contributed by atoms with Gasteiger partial charge in [-0.2, -0.15) is 0 Å². The van der Waals surface area contributed by atoms with Gasteiger partial charge in [0.15, 0.2) is 12.6 Å². The summed E-state index contributed by atoms with van der Waals surface area (Å²) in [4.78, 5) is 0. The van der Waals surface area contributed by atoms with Gasteiger partial charge in [-0.1, -0.05) is 0 Å². The molecule has 0 aromatic heterocycles. The normalized spacial score (nSPS) is 52.5. The summed E-state index contributed by atoms with van der Waals surface area (Å²) in [5.41, 5.74) is 0. The van der Waals surface area contributed by atoms with Gasteiger partial charge >= 0.3 is 0 Å². The minimum absolute atomic E-state index is 0.506. The molecule has 0 aromatic rings. The van der Waals surface area contributed by atoms with Gasteiger partial charge in [-0.3, -0.25) is 0 Å². The molecule has 0 saturated carbocycles. The number of aliphatic hydroxyl groups is 11. The molecule has 34 heavy (non-hydrogen) atoms. The van der Waals surface area contributed by atoms with Crippen LogP contribution >= 0.6 is 0 Å². The zero-order valence-electron chi connectivity index (χ0n) is 17.8. The van der Waals surface area contributed by atoms with Crippen LogP contribution < -0.4 is 0 Å². The first-order chi connectivity index (χ1) is 16.0. The van der Waals surface area contributed by atoms with Crippen molar-refractivity contribution in [2.24, 2.45) is 0 Å². The summed E-state index contributed by atoms with van der Waals surface area (Å²) in [6.45, 7) is -2.94. The molecule has 3 aliphatic heterocycles. The molecule has 200 valence electrons. The first-order valence-electron chi connectivity index (χ1n) is 10.6. The second-order valence-electron chi connectivity index (χ2n) is 8.44. The Morgan fingerprint density at radius 2 is 1.41 bits per heavy atom. The molecular formula is C18H32O16. The van der Waals surface area contributed by atoms with Gasteiger partial charge < -0.3 is 79.9 Å². The molecule has 11 N–H and O–H groups in total. The molecule has 16 heteroatoms. The Labute approximate surface area is 192 Å². The highest BCUT2D eigenvalue weighted by molar-refractivity contribution is 4.96. The predicted octanol–water partition coefficient (Wildman–Crippen LogP) is -7.57. The van der Waals surface area contributed by atoms with Crippen molar-refractivity contribution in [3.63, 3.8) is 0 Å². The fraction of sp³-hybridized carbons (Fsp3) is 1.00. The van der Waals surface area contributed by atoms with Crippen LogP contribution in [0.2, 0.25) is 0 Å².